The zero-order valence-corrected chi connectivity index (χ0v) is 13.9. The molecule has 0 fully saturated rings. The maximum Gasteiger partial charge on any atom is 0.0502 e. The van der Waals surface area contributed by atoms with Gasteiger partial charge in [0, 0.05) is 10.4 Å². The molecule has 1 nitrogen and oxygen atoms in total. The third kappa shape index (κ3) is 3.50. The summed E-state index contributed by atoms with van der Waals surface area (Å²) in [6, 6.07) is 12.7. The number of hydrogen-bond donors (Lipinski definition) is 1. The van der Waals surface area contributed by atoms with E-state index in [9.17, 15) is 5.11 Å². The summed E-state index contributed by atoms with van der Waals surface area (Å²) in [6.45, 7) is 6.62. The average Bonchev–Trinajstić information content (AvgIpc) is 2.39. The highest BCUT2D eigenvalue weighted by Crippen LogP contribution is 2.26. The van der Waals surface area contributed by atoms with Crippen molar-refractivity contribution in [3.63, 3.8) is 0 Å². The molecule has 1 atom stereocenters. The van der Waals surface area contributed by atoms with Crippen LogP contribution in [0.25, 0.3) is 0 Å². The molecule has 2 rings (SSSR count). The molecule has 2 heteroatoms. The molecule has 0 heterocycles. The molecule has 0 saturated heterocycles. The van der Waals surface area contributed by atoms with Gasteiger partial charge in [0.25, 0.3) is 0 Å². The first kappa shape index (κ1) is 15.3. The first-order valence-electron chi connectivity index (χ1n) is 6.94. The fourth-order valence-electron chi connectivity index (χ4n) is 2.80. The highest BCUT2D eigenvalue weighted by atomic mass is 79.9. The van der Waals surface area contributed by atoms with E-state index in [-0.39, 0.29) is 12.5 Å². The number of hydrogen-bond acceptors (Lipinski definition) is 1. The molecule has 0 aliphatic heterocycles. The van der Waals surface area contributed by atoms with E-state index in [4.69, 9.17) is 0 Å². The summed E-state index contributed by atoms with van der Waals surface area (Å²) < 4.78 is 1.07. The van der Waals surface area contributed by atoms with Crippen molar-refractivity contribution in [2.45, 2.75) is 33.1 Å². The highest BCUT2D eigenvalue weighted by molar-refractivity contribution is 9.10. The number of aryl methyl sites for hydroxylation is 3. The Bertz CT molecular complexity index is 564. The average molecular weight is 333 g/mol. The number of rotatable bonds is 4. The van der Waals surface area contributed by atoms with Crippen LogP contribution in [0, 0.1) is 20.8 Å². The lowest BCUT2D eigenvalue weighted by Gasteiger charge is -2.18. The van der Waals surface area contributed by atoms with E-state index >= 15 is 0 Å². The second-order valence-electron chi connectivity index (χ2n) is 5.51. The summed E-state index contributed by atoms with van der Waals surface area (Å²) >= 11 is 3.45. The summed E-state index contributed by atoms with van der Waals surface area (Å²) in [5.41, 5.74) is 6.48. The van der Waals surface area contributed by atoms with Crippen LogP contribution >= 0.6 is 15.9 Å². The molecule has 0 aliphatic rings. The predicted molar refractivity (Wildman–Crippen MR) is 88.3 cm³/mol. The van der Waals surface area contributed by atoms with E-state index in [0.29, 0.717) is 0 Å². The Hall–Kier alpha value is -1.12. The molecule has 1 unspecified atom stereocenters. The van der Waals surface area contributed by atoms with Gasteiger partial charge in [-0.15, -0.1) is 0 Å². The second kappa shape index (κ2) is 6.55. The third-order valence-electron chi connectivity index (χ3n) is 3.85. The van der Waals surface area contributed by atoms with Crippen LogP contribution in [0.15, 0.2) is 40.9 Å². The van der Waals surface area contributed by atoms with Gasteiger partial charge >= 0.3 is 0 Å². The van der Waals surface area contributed by atoms with E-state index < -0.39 is 0 Å². The Labute approximate surface area is 129 Å². The highest BCUT2D eigenvalue weighted by Gasteiger charge is 2.14. The summed E-state index contributed by atoms with van der Waals surface area (Å²) in [7, 11) is 0. The van der Waals surface area contributed by atoms with Crippen molar-refractivity contribution in [2.24, 2.45) is 0 Å². The van der Waals surface area contributed by atoms with E-state index in [2.05, 4.69) is 61.0 Å². The van der Waals surface area contributed by atoms with Crippen molar-refractivity contribution < 1.29 is 5.11 Å². The van der Waals surface area contributed by atoms with Crippen LogP contribution < -0.4 is 0 Å². The van der Waals surface area contributed by atoms with Crippen LogP contribution in [0.4, 0.5) is 0 Å². The van der Waals surface area contributed by atoms with Gasteiger partial charge in [-0.3, -0.25) is 0 Å². The number of halogens is 1. The summed E-state index contributed by atoms with van der Waals surface area (Å²) in [5.74, 6) is 0.156. The Kier molecular flexibility index (Phi) is 5.00. The van der Waals surface area contributed by atoms with E-state index in [1.165, 1.54) is 27.8 Å². The van der Waals surface area contributed by atoms with E-state index in [1.54, 1.807) is 0 Å². The van der Waals surface area contributed by atoms with Crippen LogP contribution in [0.5, 0.6) is 0 Å². The largest absolute Gasteiger partial charge is 0.396 e. The molecule has 0 bridgehead atoms. The lowest BCUT2D eigenvalue weighted by molar-refractivity contribution is 0.264. The second-order valence-corrected chi connectivity index (χ2v) is 6.43. The molecule has 0 aromatic heterocycles. The topological polar surface area (TPSA) is 20.2 Å². The number of aliphatic hydroxyl groups is 1. The monoisotopic (exact) mass is 332 g/mol. The Morgan fingerprint density at radius 2 is 1.55 bits per heavy atom. The van der Waals surface area contributed by atoms with Crippen molar-refractivity contribution >= 4 is 15.9 Å². The fourth-order valence-corrected chi connectivity index (χ4v) is 3.07. The molecule has 20 heavy (non-hydrogen) atoms. The maximum atomic E-state index is 9.73. The van der Waals surface area contributed by atoms with Crippen molar-refractivity contribution in [3.05, 3.63) is 68.7 Å². The molecule has 0 radical (unpaired) electrons. The van der Waals surface area contributed by atoms with Gasteiger partial charge in [0.15, 0.2) is 0 Å². The van der Waals surface area contributed by atoms with Gasteiger partial charge in [0.1, 0.15) is 0 Å². The minimum atomic E-state index is 0.156. The van der Waals surface area contributed by atoms with E-state index in [0.717, 1.165) is 10.9 Å². The molecule has 0 amide bonds. The van der Waals surface area contributed by atoms with Crippen molar-refractivity contribution in [1.29, 1.82) is 0 Å². The van der Waals surface area contributed by atoms with Crippen LogP contribution in [-0.2, 0) is 6.42 Å². The van der Waals surface area contributed by atoms with Gasteiger partial charge in [-0.1, -0.05) is 45.8 Å². The molecule has 0 saturated carbocycles. The molecule has 1 N–H and O–H groups in total. The quantitative estimate of drug-likeness (QED) is 0.860. The van der Waals surface area contributed by atoms with Gasteiger partial charge < -0.3 is 5.11 Å². The zero-order valence-electron chi connectivity index (χ0n) is 12.3. The Balaban J connectivity index is 2.29. The predicted octanol–water partition coefficient (Wildman–Crippen LogP) is 4.69. The summed E-state index contributed by atoms with van der Waals surface area (Å²) in [4.78, 5) is 0. The Morgan fingerprint density at radius 1 is 1.00 bits per heavy atom. The lowest BCUT2D eigenvalue weighted by Crippen LogP contribution is -2.10. The summed E-state index contributed by atoms with van der Waals surface area (Å²) in [6.07, 6.45) is 0.885. The maximum absolute atomic E-state index is 9.73. The normalized spacial score (nSPS) is 12.4. The smallest absolute Gasteiger partial charge is 0.0502 e. The molecule has 0 spiro atoms. The zero-order chi connectivity index (χ0) is 14.7. The molecule has 106 valence electrons. The number of aliphatic hydroxyl groups excluding tert-OH is 1. The van der Waals surface area contributed by atoms with Gasteiger partial charge in [-0.05, 0) is 61.6 Å². The minimum Gasteiger partial charge on any atom is -0.396 e. The van der Waals surface area contributed by atoms with Crippen LogP contribution in [0.2, 0.25) is 0 Å². The fraction of sp³-hybridized carbons (Fsp3) is 0.333. The van der Waals surface area contributed by atoms with Gasteiger partial charge in [0.2, 0.25) is 0 Å². The van der Waals surface area contributed by atoms with Crippen LogP contribution in [0.3, 0.4) is 0 Å². The third-order valence-corrected chi connectivity index (χ3v) is 4.38. The van der Waals surface area contributed by atoms with Crippen LogP contribution in [-0.4, -0.2) is 11.7 Å². The lowest BCUT2D eigenvalue weighted by atomic mass is 9.88. The minimum absolute atomic E-state index is 0.156. The van der Waals surface area contributed by atoms with Gasteiger partial charge in [-0.25, -0.2) is 0 Å². The number of benzene rings is 2. The molecular weight excluding hydrogens is 312 g/mol. The Morgan fingerprint density at radius 3 is 2.05 bits per heavy atom. The first-order chi connectivity index (χ1) is 9.51. The first-order valence-corrected chi connectivity index (χ1v) is 7.73. The SMILES string of the molecule is Cc1cc(C)c(CC(CO)c2ccc(Br)cc2)c(C)c1. The van der Waals surface area contributed by atoms with Gasteiger partial charge in [-0.2, -0.15) is 0 Å². The van der Waals surface area contributed by atoms with Crippen molar-refractivity contribution in [1.82, 2.24) is 0 Å². The summed E-state index contributed by atoms with van der Waals surface area (Å²) in [5, 5.41) is 9.73. The van der Waals surface area contributed by atoms with Crippen molar-refractivity contribution in [2.75, 3.05) is 6.61 Å². The molecule has 2 aromatic rings. The van der Waals surface area contributed by atoms with Gasteiger partial charge in [0.05, 0.1) is 6.61 Å². The van der Waals surface area contributed by atoms with E-state index in [1.807, 2.05) is 12.1 Å². The van der Waals surface area contributed by atoms with Crippen LogP contribution in [0.1, 0.15) is 33.7 Å². The molecular formula is C18H21BrO. The molecule has 2 aromatic carbocycles. The molecule has 0 aliphatic carbocycles. The standard InChI is InChI=1S/C18H21BrO/c1-12-8-13(2)18(14(3)9-12)10-16(11-20)15-4-6-17(19)7-5-15/h4-9,16,20H,10-11H2,1-3H3. The van der Waals surface area contributed by atoms with Crippen molar-refractivity contribution in [3.8, 4) is 0 Å².